The molecule has 0 spiro atoms. The molecule has 0 aromatic heterocycles. The van der Waals surface area contributed by atoms with Crippen LogP contribution in [0.15, 0.2) is 24.3 Å². The number of nitrogens with one attached hydrogen (secondary N) is 1. The molecule has 0 radical (unpaired) electrons. The number of hydrogen-bond acceptors (Lipinski definition) is 3. The second-order valence-corrected chi connectivity index (χ2v) is 6.10. The van der Waals surface area contributed by atoms with Crippen molar-refractivity contribution < 1.29 is 0 Å². The molecule has 1 saturated heterocycles. The Morgan fingerprint density at radius 3 is 2.25 bits per heavy atom. The van der Waals surface area contributed by atoms with Crippen LogP contribution >= 0.6 is 0 Å². The molecule has 110 valence electrons. The predicted octanol–water partition coefficient (Wildman–Crippen LogP) is 2.64. The van der Waals surface area contributed by atoms with Crippen molar-refractivity contribution in [2.45, 2.75) is 38.3 Å². The first kappa shape index (κ1) is 13.9. The normalized spacial score (nSPS) is 22.0. The molecule has 1 aliphatic carbocycles. The molecule has 3 rings (SSSR count). The Morgan fingerprint density at radius 2 is 1.75 bits per heavy atom. The summed E-state index contributed by atoms with van der Waals surface area (Å²) in [6.45, 7) is 7.06. The van der Waals surface area contributed by atoms with E-state index in [1.165, 1.54) is 50.3 Å². The van der Waals surface area contributed by atoms with Crippen LogP contribution in [0.2, 0.25) is 0 Å². The van der Waals surface area contributed by atoms with E-state index in [1.807, 2.05) is 7.05 Å². The maximum atomic E-state index is 3.37. The molecule has 3 heteroatoms. The summed E-state index contributed by atoms with van der Waals surface area (Å²) in [5.41, 5.74) is 2.78. The average molecular weight is 273 g/mol. The molecule has 1 saturated carbocycles. The van der Waals surface area contributed by atoms with E-state index in [9.17, 15) is 0 Å². The molecule has 2 fully saturated rings. The molecule has 1 atom stereocenters. The maximum Gasteiger partial charge on any atom is 0.0367 e. The Kier molecular flexibility index (Phi) is 4.27. The van der Waals surface area contributed by atoms with Gasteiger partial charge >= 0.3 is 0 Å². The summed E-state index contributed by atoms with van der Waals surface area (Å²) in [7, 11) is 2.04. The third kappa shape index (κ3) is 2.99. The molecular weight excluding hydrogens is 246 g/mol. The highest BCUT2D eigenvalue weighted by molar-refractivity contribution is 5.48. The van der Waals surface area contributed by atoms with Crippen LogP contribution in [-0.2, 0) is 0 Å². The topological polar surface area (TPSA) is 18.5 Å². The summed E-state index contributed by atoms with van der Waals surface area (Å²) < 4.78 is 0. The van der Waals surface area contributed by atoms with Crippen molar-refractivity contribution >= 4 is 5.69 Å². The lowest BCUT2D eigenvalue weighted by atomic mass is 10.0. The molecule has 20 heavy (non-hydrogen) atoms. The van der Waals surface area contributed by atoms with Gasteiger partial charge in [-0.2, -0.15) is 0 Å². The lowest BCUT2D eigenvalue weighted by Gasteiger charge is -2.36. The van der Waals surface area contributed by atoms with Crippen LogP contribution in [0.4, 0.5) is 5.69 Å². The number of benzene rings is 1. The van der Waals surface area contributed by atoms with Gasteiger partial charge in [0.05, 0.1) is 0 Å². The van der Waals surface area contributed by atoms with Gasteiger partial charge in [-0.1, -0.05) is 19.1 Å². The monoisotopic (exact) mass is 273 g/mol. The van der Waals surface area contributed by atoms with Gasteiger partial charge in [-0.3, -0.25) is 4.90 Å². The number of piperazine rings is 1. The standard InChI is InChI=1S/C17H27N3/c1-3-17(18-2)14-4-6-15(7-5-14)19-10-12-20(13-11-19)16-8-9-16/h4-7,16-18H,3,8-13H2,1-2H3. The molecule has 1 aromatic carbocycles. The zero-order chi connectivity index (χ0) is 13.9. The molecule has 0 bridgehead atoms. The maximum absolute atomic E-state index is 3.37. The molecule has 1 aromatic rings. The Bertz CT molecular complexity index is 412. The number of anilines is 1. The summed E-state index contributed by atoms with van der Waals surface area (Å²) in [5.74, 6) is 0. The predicted molar refractivity (Wildman–Crippen MR) is 85.3 cm³/mol. The van der Waals surface area contributed by atoms with E-state index < -0.39 is 0 Å². The summed E-state index contributed by atoms with van der Waals surface area (Å²) in [5, 5.41) is 3.37. The quantitative estimate of drug-likeness (QED) is 0.890. The van der Waals surface area contributed by atoms with Crippen LogP contribution in [-0.4, -0.2) is 44.2 Å². The minimum absolute atomic E-state index is 0.482. The van der Waals surface area contributed by atoms with Crippen LogP contribution in [0.25, 0.3) is 0 Å². The molecule has 1 unspecified atom stereocenters. The molecule has 2 aliphatic rings. The Morgan fingerprint density at radius 1 is 1.10 bits per heavy atom. The van der Waals surface area contributed by atoms with Crippen molar-refractivity contribution in [2.24, 2.45) is 0 Å². The van der Waals surface area contributed by atoms with Gasteiger partial charge in [0, 0.05) is 44.0 Å². The molecular formula is C17H27N3. The smallest absolute Gasteiger partial charge is 0.0367 e. The summed E-state index contributed by atoms with van der Waals surface area (Å²) in [6, 6.07) is 10.6. The molecule has 0 amide bonds. The van der Waals surface area contributed by atoms with E-state index in [0.717, 1.165) is 12.5 Å². The van der Waals surface area contributed by atoms with Gasteiger partial charge in [0.1, 0.15) is 0 Å². The fourth-order valence-electron chi connectivity index (χ4n) is 3.31. The largest absolute Gasteiger partial charge is 0.369 e. The zero-order valence-electron chi connectivity index (χ0n) is 12.8. The second-order valence-electron chi connectivity index (χ2n) is 6.10. The van der Waals surface area contributed by atoms with Crippen LogP contribution in [0.3, 0.4) is 0 Å². The Hall–Kier alpha value is -1.06. The summed E-state index contributed by atoms with van der Waals surface area (Å²) in [4.78, 5) is 5.20. The lowest BCUT2D eigenvalue weighted by Crippen LogP contribution is -2.47. The highest BCUT2D eigenvalue weighted by atomic mass is 15.3. The van der Waals surface area contributed by atoms with Gasteiger partial charge in [0.2, 0.25) is 0 Å². The molecule has 1 heterocycles. The van der Waals surface area contributed by atoms with E-state index in [2.05, 4.69) is 46.3 Å². The van der Waals surface area contributed by atoms with Crippen molar-refractivity contribution in [3.8, 4) is 0 Å². The van der Waals surface area contributed by atoms with Crippen LogP contribution < -0.4 is 10.2 Å². The van der Waals surface area contributed by atoms with Crippen LogP contribution in [0, 0.1) is 0 Å². The minimum Gasteiger partial charge on any atom is -0.369 e. The van der Waals surface area contributed by atoms with E-state index in [0.29, 0.717) is 6.04 Å². The number of hydrogen-bond donors (Lipinski definition) is 1. The van der Waals surface area contributed by atoms with E-state index in [4.69, 9.17) is 0 Å². The third-order valence-electron chi connectivity index (χ3n) is 4.79. The van der Waals surface area contributed by atoms with Crippen molar-refractivity contribution in [2.75, 3.05) is 38.1 Å². The molecule has 1 N–H and O–H groups in total. The van der Waals surface area contributed by atoms with Crippen molar-refractivity contribution in [1.29, 1.82) is 0 Å². The van der Waals surface area contributed by atoms with Crippen molar-refractivity contribution in [3.63, 3.8) is 0 Å². The fraction of sp³-hybridized carbons (Fsp3) is 0.647. The lowest BCUT2D eigenvalue weighted by molar-refractivity contribution is 0.248. The van der Waals surface area contributed by atoms with Crippen LogP contribution in [0.5, 0.6) is 0 Å². The first-order valence-electron chi connectivity index (χ1n) is 8.08. The SMILES string of the molecule is CCC(NC)c1ccc(N2CCN(C3CC3)CC2)cc1. The molecule has 1 aliphatic heterocycles. The van der Waals surface area contributed by atoms with Gasteiger partial charge in [0.15, 0.2) is 0 Å². The summed E-state index contributed by atoms with van der Waals surface area (Å²) >= 11 is 0. The van der Waals surface area contributed by atoms with Crippen molar-refractivity contribution in [1.82, 2.24) is 10.2 Å². The Balaban J connectivity index is 1.60. The van der Waals surface area contributed by atoms with E-state index >= 15 is 0 Å². The highest BCUT2D eigenvalue weighted by Gasteiger charge is 2.31. The first-order valence-corrected chi connectivity index (χ1v) is 8.08. The van der Waals surface area contributed by atoms with E-state index in [-0.39, 0.29) is 0 Å². The summed E-state index contributed by atoms with van der Waals surface area (Å²) in [6.07, 6.45) is 3.99. The van der Waals surface area contributed by atoms with E-state index in [1.54, 1.807) is 0 Å². The van der Waals surface area contributed by atoms with Gasteiger partial charge < -0.3 is 10.2 Å². The van der Waals surface area contributed by atoms with Crippen LogP contribution in [0.1, 0.15) is 37.8 Å². The van der Waals surface area contributed by atoms with Gasteiger partial charge in [0.25, 0.3) is 0 Å². The zero-order valence-corrected chi connectivity index (χ0v) is 12.8. The average Bonchev–Trinajstić information content (AvgIpc) is 3.34. The van der Waals surface area contributed by atoms with Crippen molar-refractivity contribution in [3.05, 3.63) is 29.8 Å². The van der Waals surface area contributed by atoms with Gasteiger partial charge in [-0.05, 0) is 44.0 Å². The number of nitrogens with zero attached hydrogens (tertiary/aromatic N) is 2. The minimum atomic E-state index is 0.482. The number of rotatable bonds is 5. The third-order valence-corrected chi connectivity index (χ3v) is 4.79. The molecule has 3 nitrogen and oxygen atoms in total. The highest BCUT2D eigenvalue weighted by Crippen LogP contribution is 2.29. The van der Waals surface area contributed by atoms with Gasteiger partial charge in [-0.25, -0.2) is 0 Å². The van der Waals surface area contributed by atoms with Gasteiger partial charge in [-0.15, -0.1) is 0 Å². The second kappa shape index (κ2) is 6.15. The Labute approximate surface area is 123 Å². The first-order chi connectivity index (χ1) is 9.81. The fourth-order valence-corrected chi connectivity index (χ4v) is 3.31.